The molecule has 0 unspecified atom stereocenters. The summed E-state index contributed by atoms with van der Waals surface area (Å²) in [6.45, 7) is 2.73. The largest absolute Gasteiger partial charge is 0.476 e. The van der Waals surface area contributed by atoms with E-state index in [1.54, 1.807) is 17.9 Å². The van der Waals surface area contributed by atoms with Crippen molar-refractivity contribution in [2.24, 2.45) is 7.05 Å². The number of ether oxygens (including phenoxy) is 1. The Kier molecular flexibility index (Phi) is 2.36. The first kappa shape index (κ1) is 7.91. The van der Waals surface area contributed by atoms with Crippen LogP contribution in [0.15, 0.2) is 6.20 Å². The fourth-order valence-electron chi connectivity index (χ4n) is 0.819. The first-order valence-electron chi connectivity index (χ1n) is 3.66. The lowest BCUT2D eigenvalue weighted by molar-refractivity contribution is 0.291. The second-order valence-corrected chi connectivity index (χ2v) is 2.38. The molecule has 11 heavy (non-hydrogen) atoms. The highest BCUT2D eigenvalue weighted by atomic mass is 16.5. The number of nitrogens with two attached hydrogens (primary N) is 1. The molecular formula is C7H13N3O. The van der Waals surface area contributed by atoms with Gasteiger partial charge in [0.1, 0.15) is 5.69 Å². The van der Waals surface area contributed by atoms with Crippen molar-refractivity contribution in [3.05, 3.63) is 6.20 Å². The molecule has 0 spiro atoms. The molecule has 0 fully saturated rings. The van der Waals surface area contributed by atoms with Crippen molar-refractivity contribution in [2.45, 2.75) is 13.3 Å². The van der Waals surface area contributed by atoms with Gasteiger partial charge in [0.05, 0.1) is 12.8 Å². The van der Waals surface area contributed by atoms with Gasteiger partial charge in [0.15, 0.2) is 0 Å². The molecule has 1 aromatic heterocycles. The van der Waals surface area contributed by atoms with E-state index in [1.807, 2.05) is 6.92 Å². The molecular weight excluding hydrogens is 142 g/mol. The van der Waals surface area contributed by atoms with E-state index in [0.717, 1.165) is 6.42 Å². The minimum atomic E-state index is 0.598. The quantitative estimate of drug-likeness (QED) is 0.702. The zero-order chi connectivity index (χ0) is 8.27. The first-order valence-corrected chi connectivity index (χ1v) is 3.66. The second kappa shape index (κ2) is 3.27. The molecule has 4 heteroatoms. The van der Waals surface area contributed by atoms with Crippen LogP contribution >= 0.6 is 0 Å². The van der Waals surface area contributed by atoms with Gasteiger partial charge in [-0.05, 0) is 6.42 Å². The summed E-state index contributed by atoms with van der Waals surface area (Å²) in [5, 5.41) is 3.94. The molecule has 0 bridgehead atoms. The normalized spacial score (nSPS) is 10.0. The first-order chi connectivity index (χ1) is 5.25. The van der Waals surface area contributed by atoms with E-state index >= 15 is 0 Å². The highest BCUT2D eigenvalue weighted by Crippen LogP contribution is 2.18. The highest BCUT2D eigenvalue weighted by Gasteiger charge is 2.04. The minimum absolute atomic E-state index is 0.598. The molecule has 1 rings (SSSR count). The molecule has 2 N–H and O–H groups in total. The van der Waals surface area contributed by atoms with Gasteiger partial charge in [-0.25, -0.2) is 4.68 Å². The number of nitrogens with zero attached hydrogens (tertiary/aromatic N) is 2. The predicted octanol–water partition coefficient (Wildman–Crippen LogP) is 0.791. The number of hydrogen-bond donors (Lipinski definition) is 1. The van der Waals surface area contributed by atoms with Crippen LogP contribution in [0, 0.1) is 0 Å². The van der Waals surface area contributed by atoms with Crippen LogP contribution in [0.5, 0.6) is 5.88 Å². The van der Waals surface area contributed by atoms with E-state index < -0.39 is 0 Å². The zero-order valence-corrected chi connectivity index (χ0v) is 6.87. The second-order valence-electron chi connectivity index (χ2n) is 2.38. The summed E-state index contributed by atoms with van der Waals surface area (Å²) < 4.78 is 6.96. The standard InChI is InChI=1S/C7H13N3O/c1-3-4-11-7-6(8)5-9-10(7)2/h5H,3-4,8H2,1-2H3. The van der Waals surface area contributed by atoms with Gasteiger partial charge in [0.2, 0.25) is 5.88 Å². The third-order valence-corrected chi connectivity index (χ3v) is 1.35. The van der Waals surface area contributed by atoms with Crippen LogP contribution < -0.4 is 10.5 Å². The minimum Gasteiger partial charge on any atom is -0.476 e. The zero-order valence-electron chi connectivity index (χ0n) is 6.87. The molecule has 0 saturated heterocycles. The van der Waals surface area contributed by atoms with Gasteiger partial charge < -0.3 is 10.5 Å². The van der Waals surface area contributed by atoms with Crippen molar-refractivity contribution in [3.63, 3.8) is 0 Å². The SMILES string of the molecule is CCCOc1c(N)cnn1C. The Morgan fingerprint density at radius 2 is 2.45 bits per heavy atom. The Hall–Kier alpha value is -1.19. The lowest BCUT2D eigenvalue weighted by Crippen LogP contribution is -2.02. The number of aromatic nitrogens is 2. The summed E-state index contributed by atoms with van der Waals surface area (Å²) in [4.78, 5) is 0. The van der Waals surface area contributed by atoms with Crippen LogP contribution in [0.25, 0.3) is 0 Å². The average Bonchev–Trinajstić information content (AvgIpc) is 2.29. The Morgan fingerprint density at radius 3 is 2.91 bits per heavy atom. The van der Waals surface area contributed by atoms with Gasteiger partial charge in [0.25, 0.3) is 0 Å². The monoisotopic (exact) mass is 155 g/mol. The fraction of sp³-hybridized carbons (Fsp3) is 0.571. The number of hydrogen-bond acceptors (Lipinski definition) is 3. The van der Waals surface area contributed by atoms with E-state index in [1.165, 1.54) is 0 Å². The van der Waals surface area contributed by atoms with Crippen molar-refractivity contribution in [3.8, 4) is 5.88 Å². The lowest BCUT2D eigenvalue weighted by atomic mass is 10.5. The van der Waals surface area contributed by atoms with Crippen LogP contribution in [-0.2, 0) is 7.05 Å². The maximum Gasteiger partial charge on any atom is 0.235 e. The molecule has 0 aliphatic rings. The Morgan fingerprint density at radius 1 is 1.73 bits per heavy atom. The van der Waals surface area contributed by atoms with Crippen molar-refractivity contribution < 1.29 is 4.74 Å². The van der Waals surface area contributed by atoms with Crippen LogP contribution in [0.2, 0.25) is 0 Å². The van der Waals surface area contributed by atoms with Gasteiger partial charge in [0, 0.05) is 7.05 Å². The third kappa shape index (κ3) is 1.63. The Balaban J connectivity index is 2.67. The number of nitrogen functional groups attached to an aromatic ring is 1. The third-order valence-electron chi connectivity index (χ3n) is 1.35. The van der Waals surface area contributed by atoms with Gasteiger partial charge in [-0.15, -0.1) is 0 Å². The number of anilines is 1. The van der Waals surface area contributed by atoms with Crippen molar-refractivity contribution in [1.29, 1.82) is 0 Å². The molecule has 62 valence electrons. The summed E-state index contributed by atoms with van der Waals surface area (Å²) in [5.74, 6) is 0.659. The molecule has 0 aromatic carbocycles. The van der Waals surface area contributed by atoms with Crippen molar-refractivity contribution >= 4 is 5.69 Å². The number of aryl methyl sites for hydroxylation is 1. The summed E-state index contributed by atoms with van der Waals surface area (Å²) >= 11 is 0. The van der Waals surface area contributed by atoms with Crippen LogP contribution in [0.1, 0.15) is 13.3 Å². The Bertz CT molecular complexity index is 212. The molecule has 4 nitrogen and oxygen atoms in total. The van der Waals surface area contributed by atoms with Gasteiger partial charge in [-0.1, -0.05) is 6.92 Å². The van der Waals surface area contributed by atoms with Gasteiger partial charge in [-0.2, -0.15) is 5.10 Å². The molecule has 1 aromatic rings. The predicted molar refractivity (Wildman–Crippen MR) is 43.4 cm³/mol. The van der Waals surface area contributed by atoms with Gasteiger partial charge in [-0.3, -0.25) is 0 Å². The fourth-order valence-corrected chi connectivity index (χ4v) is 0.819. The van der Waals surface area contributed by atoms with E-state index in [4.69, 9.17) is 10.5 Å². The molecule has 1 heterocycles. The van der Waals surface area contributed by atoms with Crippen LogP contribution in [-0.4, -0.2) is 16.4 Å². The molecule has 0 radical (unpaired) electrons. The highest BCUT2D eigenvalue weighted by molar-refractivity contribution is 5.46. The van der Waals surface area contributed by atoms with E-state index in [2.05, 4.69) is 5.10 Å². The molecule has 0 amide bonds. The summed E-state index contributed by atoms with van der Waals surface area (Å²) in [6.07, 6.45) is 2.57. The van der Waals surface area contributed by atoms with E-state index in [9.17, 15) is 0 Å². The van der Waals surface area contributed by atoms with Crippen molar-refractivity contribution in [2.75, 3.05) is 12.3 Å². The van der Waals surface area contributed by atoms with Crippen LogP contribution in [0.4, 0.5) is 5.69 Å². The average molecular weight is 155 g/mol. The summed E-state index contributed by atoms with van der Waals surface area (Å²) in [7, 11) is 1.81. The van der Waals surface area contributed by atoms with E-state index in [0.29, 0.717) is 18.2 Å². The molecule has 0 aliphatic carbocycles. The molecule has 0 atom stereocenters. The maximum atomic E-state index is 5.57. The molecule has 0 aliphatic heterocycles. The number of rotatable bonds is 3. The smallest absolute Gasteiger partial charge is 0.235 e. The maximum absolute atomic E-state index is 5.57. The lowest BCUT2D eigenvalue weighted by Gasteiger charge is -2.04. The summed E-state index contributed by atoms with van der Waals surface area (Å²) in [5.41, 5.74) is 6.17. The topological polar surface area (TPSA) is 53.1 Å². The van der Waals surface area contributed by atoms with Crippen molar-refractivity contribution in [1.82, 2.24) is 9.78 Å². The summed E-state index contributed by atoms with van der Waals surface area (Å²) in [6, 6.07) is 0. The van der Waals surface area contributed by atoms with E-state index in [-0.39, 0.29) is 0 Å². The molecule has 0 saturated carbocycles. The van der Waals surface area contributed by atoms with Crippen LogP contribution in [0.3, 0.4) is 0 Å². The Labute approximate surface area is 66.0 Å². The van der Waals surface area contributed by atoms with Gasteiger partial charge >= 0.3 is 0 Å².